The summed E-state index contributed by atoms with van der Waals surface area (Å²) >= 11 is 0. The van der Waals surface area contributed by atoms with E-state index < -0.39 is 21.8 Å². The molecule has 1 aliphatic rings. The molecule has 1 heterocycles. The second-order valence-electron chi connectivity index (χ2n) is 7.18. The molecule has 0 radical (unpaired) electrons. The lowest BCUT2D eigenvalue weighted by atomic mass is 10.1. The maximum absolute atomic E-state index is 12.8. The van der Waals surface area contributed by atoms with Gasteiger partial charge in [-0.25, -0.2) is 8.42 Å². The van der Waals surface area contributed by atoms with Gasteiger partial charge in [0.05, 0.1) is 22.7 Å². The predicted molar refractivity (Wildman–Crippen MR) is 105 cm³/mol. The number of rotatable bonds is 4. The molecule has 10 heteroatoms. The van der Waals surface area contributed by atoms with E-state index in [9.17, 15) is 26.4 Å². The predicted octanol–water partition coefficient (Wildman–Crippen LogP) is 3.76. The van der Waals surface area contributed by atoms with Crippen LogP contribution in [0.2, 0.25) is 0 Å². The Morgan fingerprint density at radius 2 is 1.67 bits per heavy atom. The number of nitrogens with zero attached hydrogens (tertiary/aromatic N) is 1. The minimum absolute atomic E-state index is 0.103. The number of hydrogen-bond acceptors (Lipinski definition) is 4. The minimum Gasteiger partial charge on any atom is -0.372 e. The zero-order valence-electron chi connectivity index (χ0n) is 16.3. The summed E-state index contributed by atoms with van der Waals surface area (Å²) in [7, 11) is -4.12. The second kappa shape index (κ2) is 8.27. The number of carbonyl (C=O) groups is 1. The number of sulfonamides is 1. The average Bonchev–Trinajstić information content (AvgIpc) is 2.66. The van der Waals surface area contributed by atoms with Gasteiger partial charge in [0.15, 0.2) is 0 Å². The fourth-order valence-electron chi connectivity index (χ4n) is 3.28. The van der Waals surface area contributed by atoms with Crippen molar-refractivity contribution in [3.8, 4) is 0 Å². The van der Waals surface area contributed by atoms with Gasteiger partial charge in [-0.15, -0.1) is 0 Å². The summed E-state index contributed by atoms with van der Waals surface area (Å²) in [6, 6.07) is 9.18. The molecule has 1 fully saturated rings. The van der Waals surface area contributed by atoms with E-state index in [2.05, 4.69) is 4.72 Å². The van der Waals surface area contributed by atoms with Crippen molar-refractivity contribution in [2.24, 2.45) is 0 Å². The summed E-state index contributed by atoms with van der Waals surface area (Å²) in [5, 5.41) is 0. The Bertz CT molecular complexity index is 1010. The number of anilines is 1. The first-order valence-corrected chi connectivity index (χ1v) is 10.7. The Morgan fingerprint density at radius 1 is 1.07 bits per heavy atom. The third kappa shape index (κ3) is 5.11. The molecular formula is C20H21F3N2O4S. The minimum atomic E-state index is -4.59. The first kappa shape index (κ1) is 22.1. The van der Waals surface area contributed by atoms with Gasteiger partial charge in [0.1, 0.15) is 0 Å². The van der Waals surface area contributed by atoms with Crippen molar-refractivity contribution in [2.75, 3.05) is 17.8 Å². The van der Waals surface area contributed by atoms with E-state index in [1.807, 2.05) is 13.8 Å². The zero-order valence-corrected chi connectivity index (χ0v) is 17.1. The van der Waals surface area contributed by atoms with Gasteiger partial charge >= 0.3 is 6.18 Å². The van der Waals surface area contributed by atoms with Gasteiger partial charge in [-0.05, 0) is 56.3 Å². The van der Waals surface area contributed by atoms with Crippen LogP contribution in [0.15, 0.2) is 53.4 Å². The van der Waals surface area contributed by atoms with Gasteiger partial charge in [0.2, 0.25) is 0 Å². The number of ether oxygens (including phenoxy) is 1. The smallest absolute Gasteiger partial charge is 0.372 e. The van der Waals surface area contributed by atoms with Gasteiger partial charge in [0, 0.05) is 24.3 Å². The van der Waals surface area contributed by atoms with E-state index in [1.54, 1.807) is 4.90 Å². The molecule has 162 valence electrons. The topological polar surface area (TPSA) is 75.7 Å². The normalized spacial score (nSPS) is 20.1. The highest BCUT2D eigenvalue weighted by atomic mass is 32.2. The molecule has 0 unspecified atom stereocenters. The molecule has 0 aliphatic carbocycles. The van der Waals surface area contributed by atoms with Gasteiger partial charge < -0.3 is 9.64 Å². The number of halogens is 3. The number of alkyl halides is 3. The van der Waals surface area contributed by atoms with Crippen molar-refractivity contribution in [3.63, 3.8) is 0 Å². The lowest BCUT2D eigenvalue weighted by Gasteiger charge is -2.35. The zero-order chi connectivity index (χ0) is 22.1. The first-order chi connectivity index (χ1) is 14.0. The van der Waals surface area contributed by atoms with Crippen LogP contribution in [0.4, 0.5) is 18.9 Å². The Hall–Kier alpha value is -2.59. The molecule has 1 saturated heterocycles. The van der Waals surface area contributed by atoms with Crippen molar-refractivity contribution >= 4 is 21.6 Å². The highest BCUT2D eigenvalue weighted by Gasteiger charge is 2.31. The summed E-state index contributed by atoms with van der Waals surface area (Å²) < 4.78 is 71.3. The molecule has 1 N–H and O–H groups in total. The number of morpholine rings is 1. The standard InChI is InChI=1S/C20H21F3N2O4S/c1-13-11-25(12-14(2)29-13)19(26)15-6-8-18(9-7-15)30(27,28)24-17-5-3-4-16(10-17)20(21,22)23/h3-10,13-14,24H,11-12H2,1-2H3/t13-,14+. The highest BCUT2D eigenvalue weighted by Crippen LogP contribution is 2.31. The molecule has 1 amide bonds. The van der Waals surface area contributed by atoms with Crippen LogP contribution in [0.1, 0.15) is 29.8 Å². The molecule has 3 rings (SSSR count). The Labute approximate surface area is 172 Å². The number of nitrogens with one attached hydrogen (secondary N) is 1. The fourth-order valence-corrected chi connectivity index (χ4v) is 4.33. The maximum Gasteiger partial charge on any atom is 0.416 e. The van der Waals surface area contributed by atoms with Crippen LogP contribution in [0.3, 0.4) is 0 Å². The molecule has 6 nitrogen and oxygen atoms in total. The van der Waals surface area contributed by atoms with Crippen molar-refractivity contribution in [1.82, 2.24) is 4.90 Å². The monoisotopic (exact) mass is 442 g/mol. The molecular weight excluding hydrogens is 421 g/mol. The van der Waals surface area contributed by atoms with Gasteiger partial charge in [-0.3, -0.25) is 9.52 Å². The van der Waals surface area contributed by atoms with E-state index in [-0.39, 0.29) is 28.7 Å². The third-order valence-electron chi connectivity index (χ3n) is 4.56. The maximum atomic E-state index is 12.8. The lowest BCUT2D eigenvalue weighted by molar-refractivity contribution is -0.137. The molecule has 1 aliphatic heterocycles. The number of amides is 1. The van der Waals surface area contributed by atoms with Crippen LogP contribution in [-0.4, -0.2) is 44.5 Å². The van der Waals surface area contributed by atoms with Crippen LogP contribution in [0.5, 0.6) is 0 Å². The summed E-state index contributed by atoms with van der Waals surface area (Å²) in [6.45, 7) is 4.59. The molecule has 0 bridgehead atoms. The Balaban J connectivity index is 1.76. The summed E-state index contributed by atoms with van der Waals surface area (Å²) in [4.78, 5) is 14.1. The van der Waals surface area contributed by atoms with Crippen molar-refractivity contribution in [2.45, 2.75) is 37.1 Å². The van der Waals surface area contributed by atoms with E-state index in [1.165, 1.54) is 30.3 Å². The lowest BCUT2D eigenvalue weighted by Crippen LogP contribution is -2.48. The van der Waals surface area contributed by atoms with Gasteiger partial charge in [-0.2, -0.15) is 13.2 Å². The number of benzene rings is 2. The largest absolute Gasteiger partial charge is 0.416 e. The fraction of sp³-hybridized carbons (Fsp3) is 0.350. The molecule has 2 aromatic carbocycles. The molecule has 0 saturated carbocycles. The summed E-state index contributed by atoms with van der Waals surface area (Å²) in [5.41, 5.74) is -0.854. The van der Waals surface area contributed by atoms with Crippen LogP contribution < -0.4 is 4.72 Å². The molecule has 2 aromatic rings. The second-order valence-corrected chi connectivity index (χ2v) is 8.86. The van der Waals surface area contributed by atoms with Crippen molar-refractivity contribution in [3.05, 3.63) is 59.7 Å². The van der Waals surface area contributed by atoms with Crippen LogP contribution in [-0.2, 0) is 20.9 Å². The number of hydrogen-bond donors (Lipinski definition) is 1. The third-order valence-corrected chi connectivity index (χ3v) is 5.96. The molecule has 30 heavy (non-hydrogen) atoms. The van der Waals surface area contributed by atoms with Crippen LogP contribution in [0, 0.1) is 0 Å². The molecule has 0 aromatic heterocycles. The first-order valence-electron chi connectivity index (χ1n) is 9.20. The van der Waals surface area contributed by atoms with Crippen molar-refractivity contribution < 1.29 is 31.1 Å². The quantitative estimate of drug-likeness (QED) is 0.783. The highest BCUT2D eigenvalue weighted by molar-refractivity contribution is 7.92. The van der Waals surface area contributed by atoms with E-state index in [0.717, 1.165) is 18.2 Å². The summed E-state index contributed by atoms with van der Waals surface area (Å²) in [5.74, 6) is -0.244. The van der Waals surface area contributed by atoms with E-state index in [0.29, 0.717) is 18.7 Å². The molecule has 2 atom stereocenters. The molecule has 0 spiro atoms. The average molecular weight is 442 g/mol. The number of carbonyl (C=O) groups excluding carboxylic acids is 1. The SMILES string of the molecule is C[C@@H]1CN(C(=O)c2ccc(S(=O)(=O)Nc3cccc(C(F)(F)F)c3)cc2)C[C@H](C)O1. The van der Waals surface area contributed by atoms with Gasteiger partial charge in [-0.1, -0.05) is 6.07 Å². The van der Waals surface area contributed by atoms with Gasteiger partial charge in [0.25, 0.3) is 15.9 Å². The van der Waals surface area contributed by atoms with Crippen LogP contribution in [0.25, 0.3) is 0 Å². The Morgan fingerprint density at radius 3 is 2.23 bits per heavy atom. The summed E-state index contributed by atoms with van der Waals surface area (Å²) in [6.07, 6.45) is -4.79. The van der Waals surface area contributed by atoms with E-state index in [4.69, 9.17) is 4.74 Å². The van der Waals surface area contributed by atoms with Crippen LogP contribution >= 0.6 is 0 Å². The Kier molecular flexibility index (Phi) is 6.09. The van der Waals surface area contributed by atoms with E-state index >= 15 is 0 Å². The van der Waals surface area contributed by atoms with Crippen molar-refractivity contribution in [1.29, 1.82) is 0 Å².